The van der Waals surface area contributed by atoms with Crippen LogP contribution in [0.15, 0.2) is 42.5 Å². The van der Waals surface area contributed by atoms with Gasteiger partial charge in [-0.15, -0.1) is 0 Å². The van der Waals surface area contributed by atoms with Crippen molar-refractivity contribution in [3.05, 3.63) is 59.2 Å². The number of rotatable bonds is 0. The third-order valence-corrected chi connectivity index (χ3v) is 4.08. The fraction of sp³-hybridized carbons (Fsp3) is 0.211. The molecular formula is C19H16O2. The molecular weight excluding hydrogens is 260 g/mol. The molecule has 2 aromatic carbocycles. The molecule has 0 N–H and O–H groups in total. The van der Waals surface area contributed by atoms with Crippen LogP contribution >= 0.6 is 0 Å². The largest absolute Gasteiger partial charge is 0.459 e. The lowest BCUT2D eigenvalue weighted by Gasteiger charge is -2.21. The van der Waals surface area contributed by atoms with Crippen LogP contribution in [-0.4, -0.2) is 13.1 Å². The summed E-state index contributed by atoms with van der Waals surface area (Å²) < 4.78 is 4.54. The van der Waals surface area contributed by atoms with Crippen molar-refractivity contribution in [2.75, 3.05) is 7.11 Å². The molecule has 0 spiro atoms. The molecule has 0 saturated carbocycles. The van der Waals surface area contributed by atoms with E-state index in [-0.39, 0.29) is 5.41 Å². The molecule has 0 radical (unpaired) electrons. The molecule has 2 heteroatoms. The van der Waals surface area contributed by atoms with Gasteiger partial charge in [-0.2, -0.15) is 0 Å². The van der Waals surface area contributed by atoms with Gasteiger partial charge in [-0.05, 0) is 34.4 Å². The third-order valence-electron chi connectivity index (χ3n) is 4.08. The van der Waals surface area contributed by atoms with E-state index in [0.29, 0.717) is 0 Å². The van der Waals surface area contributed by atoms with E-state index >= 15 is 0 Å². The molecule has 2 aromatic rings. The Morgan fingerprint density at radius 2 is 1.76 bits per heavy atom. The predicted octanol–water partition coefficient (Wildman–Crippen LogP) is 3.52. The van der Waals surface area contributed by atoms with Gasteiger partial charge in [0.05, 0.1) is 7.11 Å². The molecule has 1 aliphatic carbocycles. The monoisotopic (exact) mass is 276 g/mol. The lowest BCUT2D eigenvalue weighted by Crippen LogP contribution is -2.14. The smallest absolute Gasteiger partial charge is 0.384 e. The quantitative estimate of drug-likeness (QED) is 0.543. The summed E-state index contributed by atoms with van der Waals surface area (Å²) in [5.74, 6) is 4.83. The maximum absolute atomic E-state index is 11.1. The zero-order chi connectivity index (χ0) is 15.0. The van der Waals surface area contributed by atoms with Crippen molar-refractivity contribution in [2.45, 2.75) is 19.3 Å². The van der Waals surface area contributed by atoms with Crippen LogP contribution in [0.5, 0.6) is 0 Å². The van der Waals surface area contributed by atoms with Gasteiger partial charge in [0, 0.05) is 16.9 Å². The number of esters is 1. The highest BCUT2D eigenvalue weighted by Gasteiger charge is 2.34. The van der Waals surface area contributed by atoms with Crippen molar-refractivity contribution in [2.24, 2.45) is 0 Å². The topological polar surface area (TPSA) is 26.3 Å². The van der Waals surface area contributed by atoms with Crippen LogP contribution in [0.4, 0.5) is 0 Å². The van der Waals surface area contributed by atoms with E-state index in [1.807, 2.05) is 6.07 Å². The average molecular weight is 276 g/mol. The van der Waals surface area contributed by atoms with E-state index in [1.165, 1.54) is 29.4 Å². The fourth-order valence-corrected chi connectivity index (χ4v) is 2.96. The molecule has 3 rings (SSSR count). The molecule has 0 amide bonds. The van der Waals surface area contributed by atoms with Gasteiger partial charge < -0.3 is 4.74 Å². The normalized spacial score (nSPS) is 13.7. The maximum atomic E-state index is 11.1. The van der Waals surface area contributed by atoms with Crippen molar-refractivity contribution in [3.63, 3.8) is 0 Å². The van der Waals surface area contributed by atoms with Crippen LogP contribution in [0.3, 0.4) is 0 Å². The summed E-state index contributed by atoms with van der Waals surface area (Å²) in [6.45, 7) is 4.43. The number of hydrogen-bond acceptors (Lipinski definition) is 2. The Morgan fingerprint density at radius 1 is 1.05 bits per heavy atom. The maximum Gasteiger partial charge on any atom is 0.384 e. The molecule has 0 fully saturated rings. The number of carbonyl (C=O) groups excluding carboxylic acids is 1. The third kappa shape index (κ3) is 2.11. The molecule has 21 heavy (non-hydrogen) atoms. The molecule has 0 aromatic heterocycles. The molecule has 0 aliphatic heterocycles. The summed E-state index contributed by atoms with van der Waals surface area (Å²) in [6, 6.07) is 14.6. The highest BCUT2D eigenvalue weighted by Crippen LogP contribution is 2.48. The zero-order valence-electron chi connectivity index (χ0n) is 12.4. The van der Waals surface area contributed by atoms with Crippen LogP contribution < -0.4 is 0 Å². The molecule has 2 nitrogen and oxygen atoms in total. The summed E-state index contributed by atoms with van der Waals surface area (Å²) in [5, 5.41) is 0. The van der Waals surface area contributed by atoms with Crippen LogP contribution in [0.25, 0.3) is 11.1 Å². The molecule has 104 valence electrons. The van der Waals surface area contributed by atoms with Crippen LogP contribution in [0.2, 0.25) is 0 Å². The van der Waals surface area contributed by atoms with Crippen molar-refractivity contribution >= 4 is 5.97 Å². The highest BCUT2D eigenvalue weighted by molar-refractivity contribution is 5.89. The Morgan fingerprint density at radius 3 is 2.52 bits per heavy atom. The molecule has 0 bridgehead atoms. The van der Waals surface area contributed by atoms with Crippen LogP contribution in [0.1, 0.15) is 30.5 Å². The van der Waals surface area contributed by atoms with Gasteiger partial charge in [0.2, 0.25) is 0 Å². The number of methoxy groups -OCH3 is 1. The van der Waals surface area contributed by atoms with Gasteiger partial charge in [-0.3, -0.25) is 0 Å². The molecule has 0 atom stereocenters. The van der Waals surface area contributed by atoms with E-state index in [4.69, 9.17) is 0 Å². The molecule has 0 unspecified atom stereocenters. The average Bonchev–Trinajstić information content (AvgIpc) is 2.73. The van der Waals surface area contributed by atoms with Gasteiger partial charge in [0.25, 0.3) is 0 Å². The van der Waals surface area contributed by atoms with Gasteiger partial charge >= 0.3 is 5.97 Å². The Hall–Kier alpha value is -2.53. The first-order valence-electron chi connectivity index (χ1n) is 6.88. The summed E-state index contributed by atoms with van der Waals surface area (Å²) in [5.41, 5.74) is 5.90. The second-order valence-corrected chi connectivity index (χ2v) is 5.67. The summed E-state index contributed by atoms with van der Waals surface area (Å²) in [4.78, 5) is 11.1. The van der Waals surface area contributed by atoms with E-state index in [9.17, 15) is 4.79 Å². The minimum atomic E-state index is -0.516. The number of fused-ring (bicyclic) bond motifs is 3. The number of hydrogen-bond donors (Lipinski definition) is 0. The Labute approximate surface area is 124 Å². The Kier molecular flexibility index (Phi) is 3.07. The molecule has 0 heterocycles. The minimum absolute atomic E-state index is 0.0467. The summed E-state index contributed by atoms with van der Waals surface area (Å²) in [7, 11) is 1.33. The number of benzene rings is 2. The van der Waals surface area contributed by atoms with Crippen LogP contribution in [-0.2, 0) is 14.9 Å². The van der Waals surface area contributed by atoms with Gasteiger partial charge in [0.15, 0.2) is 0 Å². The van der Waals surface area contributed by atoms with E-state index in [0.717, 1.165) is 5.56 Å². The highest BCUT2D eigenvalue weighted by atomic mass is 16.5. The Bertz CT molecular complexity index is 789. The standard InChI is InChI=1S/C19H16O2/c1-19(2)16-7-5-4-6-14(16)15-10-8-13(12-17(15)19)9-11-18(20)21-3/h4-8,10,12H,1-3H3. The van der Waals surface area contributed by atoms with E-state index in [2.05, 4.69) is 66.8 Å². The predicted molar refractivity (Wildman–Crippen MR) is 82.9 cm³/mol. The van der Waals surface area contributed by atoms with Gasteiger partial charge in [0.1, 0.15) is 0 Å². The number of carbonyl (C=O) groups is 1. The first-order valence-corrected chi connectivity index (χ1v) is 6.88. The van der Waals surface area contributed by atoms with Crippen molar-refractivity contribution in [1.82, 2.24) is 0 Å². The lowest BCUT2D eigenvalue weighted by molar-refractivity contribution is -0.133. The second kappa shape index (κ2) is 4.79. The van der Waals surface area contributed by atoms with Gasteiger partial charge in [-0.25, -0.2) is 4.79 Å². The van der Waals surface area contributed by atoms with Crippen molar-refractivity contribution < 1.29 is 9.53 Å². The first kappa shape index (κ1) is 13.5. The summed E-state index contributed by atoms with van der Waals surface area (Å²) in [6.07, 6.45) is 0. The van der Waals surface area contributed by atoms with E-state index in [1.54, 1.807) is 0 Å². The number of ether oxygens (including phenoxy) is 1. The van der Waals surface area contributed by atoms with E-state index < -0.39 is 5.97 Å². The fourth-order valence-electron chi connectivity index (χ4n) is 2.96. The molecule has 1 aliphatic rings. The molecule has 0 saturated heterocycles. The van der Waals surface area contributed by atoms with Gasteiger partial charge in [-0.1, -0.05) is 50.1 Å². The summed E-state index contributed by atoms with van der Waals surface area (Å²) >= 11 is 0. The Balaban J connectivity index is 2.11. The van der Waals surface area contributed by atoms with Crippen molar-refractivity contribution in [3.8, 4) is 23.0 Å². The minimum Gasteiger partial charge on any atom is -0.459 e. The second-order valence-electron chi connectivity index (χ2n) is 5.67. The SMILES string of the molecule is COC(=O)C#Cc1ccc2c(c1)C(C)(C)c1ccccc1-2. The zero-order valence-corrected chi connectivity index (χ0v) is 12.4. The van der Waals surface area contributed by atoms with Crippen molar-refractivity contribution in [1.29, 1.82) is 0 Å². The lowest BCUT2D eigenvalue weighted by atomic mass is 9.82. The first-order chi connectivity index (χ1) is 10.0. The van der Waals surface area contributed by atoms with Crippen LogP contribution in [0, 0.1) is 11.8 Å².